The van der Waals surface area contributed by atoms with Crippen LogP contribution >= 0.6 is 22.9 Å². The van der Waals surface area contributed by atoms with Crippen LogP contribution in [0.1, 0.15) is 16.6 Å². The van der Waals surface area contributed by atoms with Crippen molar-refractivity contribution >= 4 is 22.9 Å². The second kappa shape index (κ2) is 5.39. The van der Waals surface area contributed by atoms with Crippen LogP contribution in [0, 0.1) is 0 Å². The van der Waals surface area contributed by atoms with Crippen molar-refractivity contribution in [3.8, 4) is 0 Å². The van der Waals surface area contributed by atoms with Crippen LogP contribution in [0.3, 0.4) is 0 Å². The van der Waals surface area contributed by atoms with Gasteiger partial charge in [-0.1, -0.05) is 11.6 Å². The molecular weight excluding hydrogens is 242 g/mol. The van der Waals surface area contributed by atoms with Gasteiger partial charge in [-0.2, -0.15) is 0 Å². The first-order chi connectivity index (χ1) is 7.79. The van der Waals surface area contributed by atoms with E-state index < -0.39 is 0 Å². The van der Waals surface area contributed by atoms with Crippen LogP contribution in [0.15, 0.2) is 30.7 Å². The third-order valence-electron chi connectivity index (χ3n) is 2.32. The largest absolute Gasteiger partial charge is 0.311 e. The topological polar surface area (TPSA) is 37.8 Å². The molecule has 0 aliphatic rings. The third-order valence-corrected chi connectivity index (χ3v) is 3.58. The molecule has 0 spiro atoms. The van der Waals surface area contributed by atoms with Gasteiger partial charge in [0.05, 0.1) is 16.1 Å². The Morgan fingerprint density at radius 3 is 2.88 bits per heavy atom. The van der Waals surface area contributed by atoms with Gasteiger partial charge in [-0.3, -0.25) is 9.97 Å². The summed E-state index contributed by atoms with van der Waals surface area (Å²) in [7, 11) is 1.93. The van der Waals surface area contributed by atoms with Crippen molar-refractivity contribution in [3.63, 3.8) is 0 Å². The molecule has 0 amide bonds. The van der Waals surface area contributed by atoms with E-state index in [0.29, 0.717) is 0 Å². The van der Waals surface area contributed by atoms with E-state index in [0.717, 1.165) is 16.5 Å². The molecule has 0 fully saturated rings. The highest BCUT2D eigenvalue weighted by Crippen LogP contribution is 2.25. The van der Waals surface area contributed by atoms with Crippen LogP contribution in [0.2, 0.25) is 4.34 Å². The average molecular weight is 254 g/mol. The van der Waals surface area contributed by atoms with Gasteiger partial charge in [-0.15, -0.1) is 11.3 Å². The molecule has 0 saturated carbocycles. The van der Waals surface area contributed by atoms with Crippen molar-refractivity contribution in [1.29, 1.82) is 0 Å². The molecular formula is C11H12ClN3S. The summed E-state index contributed by atoms with van der Waals surface area (Å²) in [4.78, 5) is 9.62. The smallest absolute Gasteiger partial charge is 0.0931 e. The van der Waals surface area contributed by atoms with Gasteiger partial charge >= 0.3 is 0 Å². The zero-order valence-electron chi connectivity index (χ0n) is 8.85. The maximum Gasteiger partial charge on any atom is 0.0931 e. The molecule has 1 N–H and O–H groups in total. The average Bonchev–Trinajstić information content (AvgIpc) is 2.73. The number of rotatable bonds is 4. The van der Waals surface area contributed by atoms with Crippen LogP contribution in [0.5, 0.6) is 0 Å². The van der Waals surface area contributed by atoms with Gasteiger partial charge in [-0.05, 0) is 19.2 Å². The van der Waals surface area contributed by atoms with E-state index in [-0.39, 0.29) is 6.04 Å². The van der Waals surface area contributed by atoms with Gasteiger partial charge in [0.15, 0.2) is 0 Å². The van der Waals surface area contributed by atoms with Crippen LogP contribution in [0.25, 0.3) is 0 Å². The molecule has 0 saturated heterocycles. The van der Waals surface area contributed by atoms with Gasteiger partial charge in [-0.25, -0.2) is 0 Å². The van der Waals surface area contributed by atoms with Crippen molar-refractivity contribution in [1.82, 2.24) is 15.3 Å². The molecule has 84 valence electrons. The Balaban J connectivity index is 2.12. The minimum atomic E-state index is 0.184. The molecule has 1 atom stereocenters. The highest BCUT2D eigenvalue weighted by Gasteiger charge is 2.12. The van der Waals surface area contributed by atoms with Crippen LogP contribution in [-0.2, 0) is 6.42 Å². The Bertz CT molecular complexity index is 444. The minimum Gasteiger partial charge on any atom is -0.311 e. The zero-order chi connectivity index (χ0) is 11.4. The van der Waals surface area contributed by atoms with Gasteiger partial charge in [0.1, 0.15) is 0 Å². The quantitative estimate of drug-likeness (QED) is 0.911. The van der Waals surface area contributed by atoms with Crippen LogP contribution in [-0.4, -0.2) is 17.0 Å². The van der Waals surface area contributed by atoms with Crippen LogP contribution < -0.4 is 5.32 Å². The lowest BCUT2D eigenvalue weighted by molar-refractivity contribution is 0.577. The molecule has 1 unspecified atom stereocenters. The molecule has 2 rings (SSSR count). The molecule has 5 heteroatoms. The molecule has 2 heterocycles. The molecule has 0 aliphatic heterocycles. The fourth-order valence-corrected chi connectivity index (χ4v) is 2.64. The van der Waals surface area contributed by atoms with Crippen molar-refractivity contribution in [2.75, 3.05) is 7.05 Å². The van der Waals surface area contributed by atoms with E-state index in [9.17, 15) is 0 Å². The van der Waals surface area contributed by atoms with Crippen molar-refractivity contribution in [2.24, 2.45) is 0 Å². The first-order valence-electron chi connectivity index (χ1n) is 4.97. The van der Waals surface area contributed by atoms with Crippen LogP contribution in [0.4, 0.5) is 0 Å². The zero-order valence-corrected chi connectivity index (χ0v) is 10.4. The van der Waals surface area contributed by atoms with E-state index in [1.165, 1.54) is 4.88 Å². The van der Waals surface area contributed by atoms with E-state index in [2.05, 4.69) is 15.3 Å². The van der Waals surface area contributed by atoms with Gasteiger partial charge in [0, 0.05) is 29.9 Å². The van der Waals surface area contributed by atoms with E-state index in [4.69, 9.17) is 11.6 Å². The molecule has 3 nitrogen and oxygen atoms in total. The standard InChI is InChI=1S/C11H12ClN3S/c1-13-9(10-7-14-4-5-15-10)6-8-2-3-11(12)16-8/h2-5,7,9,13H,6H2,1H3. The summed E-state index contributed by atoms with van der Waals surface area (Å²) in [6.07, 6.45) is 6.06. The van der Waals surface area contributed by atoms with Gasteiger partial charge in [0.25, 0.3) is 0 Å². The Morgan fingerprint density at radius 2 is 2.31 bits per heavy atom. The second-order valence-corrected chi connectivity index (χ2v) is 5.18. The summed E-state index contributed by atoms with van der Waals surface area (Å²) < 4.78 is 0.823. The van der Waals surface area contributed by atoms with Gasteiger partial charge < -0.3 is 5.32 Å². The Kier molecular flexibility index (Phi) is 3.88. The van der Waals surface area contributed by atoms with Crippen molar-refractivity contribution in [3.05, 3.63) is 45.6 Å². The molecule has 0 aromatic carbocycles. The summed E-state index contributed by atoms with van der Waals surface area (Å²) in [5, 5.41) is 3.24. The number of nitrogens with one attached hydrogen (secondary N) is 1. The number of thiophene rings is 1. The molecule has 2 aromatic heterocycles. The van der Waals surface area contributed by atoms with Gasteiger partial charge in [0.2, 0.25) is 0 Å². The monoisotopic (exact) mass is 253 g/mol. The Hall–Kier alpha value is -0.970. The second-order valence-electron chi connectivity index (χ2n) is 3.38. The Morgan fingerprint density at radius 1 is 1.44 bits per heavy atom. The fraction of sp³-hybridized carbons (Fsp3) is 0.273. The normalized spacial score (nSPS) is 12.6. The number of hydrogen-bond acceptors (Lipinski definition) is 4. The minimum absolute atomic E-state index is 0.184. The SMILES string of the molecule is CNC(Cc1ccc(Cl)s1)c1cnccn1. The molecule has 0 radical (unpaired) electrons. The molecule has 0 aliphatic carbocycles. The van der Waals surface area contributed by atoms with Crippen molar-refractivity contribution < 1.29 is 0 Å². The number of halogens is 1. The maximum atomic E-state index is 5.90. The summed E-state index contributed by atoms with van der Waals surface area (Å²) in [6.45, 7) is 0. The van der Waals surface area contributed by atoms with Crippen molar-refractivity contribution in [2.45, 2.75) is 12.5 Å². The molecule has 2 aromatic rings. The fourth-order valence-electron chi connectivity index (χ4n) is 1.51. The summed E-state index contributed by atoms with van der Waals surface area (Å²) in [5.41, 5.74) is 0.953. The third kappa shape index (κ3) is 2.78. The highest BCUT2D eigenvalue weighted by atomic mass is 35.5. The van der Waals surface area contributed by atoms with E-state index in [1.54, 1.807) is 29.9 Å². The number of hydrogen-bond donors (Lipinski definition) is 1. The molecule has 0 bridgehead atoms. The van der Waals surface area contributed by atoms with E-state index in [1.807, 2.05) is 19.2 Å². The number of aromatic nitrogens is 2. The predicted molar refractivity (Wildman–Crippen MR) is 66.9 cm³/mol. The number of nitrogens with zero attached hydrogens (tertiary/aromatic N) is 2. The highest BCUT2D eigenvalue weighted by molar-refractivity contribution is 7.16. The lowest BCUT2D eigenvalue weighted by atomic mass is 10.1. The lowest BCUT2D eigenvalue weighted by Gasteiger charge is -2.13. The molecule has 16 heavy (non-hydrogen) atoms. The summed E-state index contributed by atoms with van der Waals surface area (Å²) in [6, 6.07) is 4.15. The number of likely N-dealkylation sites (N-methyl/N-ethyl adjacent to an activating group) is 1. The Labute approximate surface area is 104 Å². The lowest BCUT2D eigenvalue weighted by Crippen LogP contribution is -2.19. The first kappa shape index (κ1) is 11.5. The first-order valence-corrected chi connectivity index (χ1v) is 6.16. The maximum absolute atomic E-state index is 5.90. The summed E-state index contributed by atoms with van der Waals surface area (Å²) >= 11 is 7.51. The predicted octanol–water partition coefficient (Wildman–Crippen LogP) is 2.69. The van der Waals surface area contributed by atoms with E-state index >= 15 is 0 Å². The summed E-state index contributed by atoms with van der Waals surface area (Å²) in [5.74, 6) is 0.